The van der Waals surface area contributed by atoms with E-state index in [2.05, 4.69) is 6.58 Å². The molecule has 0 aliphatic heterocycles. The predicted molar refractivity (Wildman–Crippen MR) is 75.5 cm³/mol. The van der Waals surface area contributed by atoms with Crippen LogP contribution in [0.2, 0.25) is 0 Å². The second-order valence-electron chi connectivity index (χ2n) is 4.53. The van der Waals surface area contributed by atoms with Crippen LogP contribution in [0, 0.1) is 0 Å². The van der Waals surface area contributed by atoms with E-state index in [1.807, 2.05) is 6.92 Å². The van der Waals surface area contributed by atoms with E-state index in [9.17, 15) is 9.59 Å². The summed E-state index contributed by atoms with van der Waals surface area (Å²) in [6.07, 6.45) is 1.79. The number of carbonyl (C=O) groups excluding carboxylic acids is 1. The van der Waals surface area contributed by atoms with Gasteiger partial charge in [-0.25, -0.2) is 0 Å². The van der Waals surface area contributed by atoms with Gasteiger partial charge in [0.2, 0.25) is 5.91 Å². The minimum atomic E-state index is -0.976. The lowest BCUT2D eigenvalue weighted by atomic mass is 10.2. The SMILES string of the molecule is C=CCCN(C[C@H](OC)[C@H](C)OC)C(=O)CCC(=O)O. The standard InChI is InChI=1S/C14H25NO5/c1-5-6-9-15(13(16)7-8-14(17)18)10-12(20-4)11(2)19-3/h5,11-12H,1,6-10H2,2-4H3,(H,17,18)/t11-,12-/m0/s1. The van der Waals surface area contributed by atoms with Crippen molar-refractivity contribution in [3.63, 3.8) is 0 Å². The number of ether oxygens (including phenoxy) is 2. The molecule has 6 heteroatoms. The summed E-state index contributed by atoms with van der Waals surface area (Å²) in [6.45, 7) is 6.36. The maximum atomic E-state index is 12.0. The van der Waals surface area contributed by atoms with Gasteiger partial charge in [0.25, 0.3) is 0 Å². The zero-order valence-electron chi connectivity index (χ0n) is 12.5. The fourth-order valence-electron chi connectivity index (χ4n) is 1.72. The molecule has 116 valence electrons. The summed E-state index contributed by atoms with van der Waals surface area (Å²) < 4.78 is 10.5. The van der Waals surface area contributed by atoms with Crippen LogP contribution in [0.3, 0.4) is 0 Å². The Morgan fingerprint density at radius 1 is 1.30 bits per heavy atom. The van der Waals surface area contributed by atoms with Crippen molar-refractivity contribution < 1.29 is 24.2 Å². The molecule has 0 saturated carbocycles. The Kier molecular flexibility index (Phi) is 9.67. The molecule has 0 aliphatic carbocycles. The predicted octanol–water partition coefficient (Wildman–Crippen LogP) is 1.31. The second kappa shape index (κ2) is 10.4. The van der Waals surface area contributed by atoms with Crippen LogP contribution in [-0.4, -0.2) is 61.4 Å². The van der Waals surface area contributed by atoms with Crippen LogP contribution in [-0.2, 0) is 19.1 Å². The van der Waals surface area contributed by atoms with E-state index in [-0.39, 0.29) is 31.0 Å². The topological polar surface area (TPSA) is 76.1 Å². The molecule has 0 aliphatic rings. The highest BCUT2D eigenvalue weighted by molar-refractivity contribution is 5.80. The highest BCUT2D eigenvalue weighted by Gasteiger charge is 2.23. The van der Waals surface area contributed by atoms with E-state index in [1.54, 1.807) is 25.2 Å². The number of hydrogen-bond acceptors (Lipinski definition) is 4. The molecule has 6 nitrogen and oxygen atoms in total. The summed E-state index contributed by atoms with van der Waals surface area (Å²) in [5.41, 5.74) is 0. The van der Waals surface area contributed by atoms with Crippen molar-refractivity contribution in [3.8, 4) is 0 Å². The molecule has 0 saturated heterocycles. The fraction of sp³-hybridized carbons (Fsp3) is 0.714. The molecule has 1 N–H and O–H groups in total. The van der Waals surface area contributed by atoms with Gasteiger partial charge in [0.1, 0.15) is 6.10 Å². The molecule has 0 aromatic rings. The van der Waals surface area contributed by atoms with Gasteiger partial charge in [0.05, 0.1) is 12.5 Å². The first-order valence-electron chi connectivity index (χ1n) is 6.62. The number of carboxylic acid groups (broad SMARTS) is 1. The molecule has 0 heterocycles. The third-order valence-electron chi connectivity index (χ3n) is 3.11. The minimum Gasteiger partial charge on any atom is -0.481 e. The summed E-state index contributed by atoms with van der Waals surface area (Å²) in [7, 11) is 3.14. The summed E-state index contributed by atoms with van der Waals surface area (Å²) in [6, 6.07) is 0. The van der Waals surface area contributed by atoms with Gasteiger partial charge in [0.15, 0.2) is 0 Å². The van der Waals surface area contributed by atoms with E-state index in [1.165, 1.54) is 0 Å². The van der Waals surface area contributed by atoms with Crippen molar-refractivity contribution in [2.75, 3.05) is 27.3 Å². The molecule has 0 bridgehead atoms. The monoisotopic (exact) mass is 287 g/mol. The van der Waals surface area contributed by atoms with Gasteiger partial charge in [0, 0.05) is 33.7 Å². The molecule has 0 aromatic heterocycles. The Bertz CT molecular complexity index is 319. The Morgan fingerprint density at radius 2 is 1.95 bits per heavy atom. The third kappa shape index (κ3) is 7.25. The Balaban J connectivity index is 4.63. The average molecular weight is 287 g/mol. The van der Waals surface area contributed by atoms with E-state index in [0.29, 0.717) is 19.5 Å². The summed E-state index contributed by atoms with van der Waals surface area (Å²) in [5.74, 6) is -1.17. The van der Waals surface area contributed by atoms with Crippen molar-refractivity contribution in [1.29, 1.82) is 0 Å². The molecule has 1 amide bonds. The normalized spacial score (nSPS) is 13.6. The first-order chi connectivity index (χ1) is 9.46. The van der Waals surface area contributed by atoms with E-state index in [0.717, 1.165) is 0 Å². The van der Waals surface area contributed by atoms with Gasteiger partial charge >= 0.3 is 5.97 Å². The minimum absolute atomic E-state index is 0.00965. The molecule has 0 rings (SSSR count). The van der Waals surface area contributed by atoms with E-state index >= 15 is 0 Å². The number of methoxy groups -OCH3 is 2. The van der Waals surface area contributed by atoms with Crippen LogP contribution in [0.15, 0.2) is 12.7 Å². The van der Waals surface area contributed by atoms with Gasteiger partial charge in [-0.3, -0.25) is 9.59 Å². The maximum Gasteiger partial charge on any atom is 0.303 e. The summed E-state index contributed by atoms with van der Waals surface area (Å²) in [4.78, 5) is 24.2. The highest BCUT2D eigenvalue weighted by atomic mass is 16.5. The first-order valence-corrected chi connectivity index (χ1v) is 6.62. The van der Waals surface area contributed by atoms with E-state index < -0.39 is 5.97 Å². The van der Waals surface area contributed by atoms with Gasteiger partial charge in [-0.2, -0.15) is 0 Å². The van der Waals surface area contributed by atoms with Gasteiger partial charge < -0.3 is 19.5 Å². The number of hydrogen-bond donors (Lipinski definition) is 1. The lowest BCUT2D eigenvalue weighted by molar-refractivity contribution is -0.142. The fourth-order valence-corrected chi connectivity index (χ4v) is 1.72. The number of carbonyl (C=O) groups is 2. The molecule has 0 fully saturated rings. The van der Waals surface area contributed by atoms with Crippen molar-refractivity contribution in [2.45, 2.75) is 38.4 Å². The van der Waals surface area contributed by atoms with Crippen LogP contribution in [0.4, 0.5) is 0 Å². The molecule has 2 atom stereocenters. The van der Waals surface area contributed by atoms with Crippen LogP contribution in [0.5, 0.6) is 0 Å². The van der Waals surface area contributed by atoms with Crippen molar-refractivity contribution in [1.82, 2.24) is 4.90 Å². The molecular weight excluding hydrogens is 262 g/mol. The number of aliphatic carboxylic acids is 1. The number of nitrogens with zero attached hydrogens (tertiary/aromatic N) is 1. The Labute approximate surface area is 120 Å². The van der Waals surface area contributed by atoms with Gasteiger partial charge in [-0.05, 0) is 13.3 Å². The molecule has 20 heavy (non-hydrogen) atoms. The average Bonchev–Trinajstić information content (AvgIpc) is 2.44. The first kappa shape index (κ1) is 18.6. The zero-order valence-corrected chi connectivity index (χ0v) is 12.5. The second-order valence-corrected chi connectivity index (χ2v) is 4.53. The van der Waals surface area contributed by atoms with Crippen LogP contribution in [0.1, 0.15) is 26.2 Å². The molecular formula is C14H25NO5. The number of amides is 1. The highest BCUT2D eigenvalue weighted by Crippen LogP contribution is 2.08. The Morgan fingerprint density at radius 3 is 2.40 bits per heavy atom. The third-order valence-corrected chi connectivity index (χ3v) is 3.11. The lowest BCUT2D eigenvalue weighted by Gasteiger charge is -2.29. The number of carboxylic acids is 1. The largest absolute Gasteiger partial charge is 0.481 e. The van der Waals surface area contributed by atoms with Crippen molar-refractivity contribution in [2.24, 2.45) is 0 Å². The van der Waals surface area contributed by atoms with Crippen molar-refractivity contribution in [3.05, 3.63) is 12.7 Å². The molecule has 0 spiro atoms. The molecule has 0 unspecified atom stereocenters. The summed E-state index contributed by atoms with van der Waals surface area (Å²) in [5, 5.41) is 8.64. The van der Waals surface area contributed by atoms with E-state index in [4.69, 9.17) is 14.6 Å². The lowest BCUT2D eigenvalue weighted by Crippen LogP contribution is -2.43. The maximum absolute atomic E-state index is 12.0. The quantitative estimate of drug-likeness (QED) is 0.580. The van der Waals surface area contributed by atoms with Crippen molar-refractivity contribution >= 4 is 11.9 Å². The number of rotatable bonds is 11. The zero-order chi connectivity index (χ0) is 15.5. The van der Waals surface area contributed by atoms with Crippen LogP contribution < -0.4 is 0 Å². The smallest absolute Gasteiger partial charge is 0.303 e. The summed E-state index contributed by atoms with van der Waals surface area (Å²) >= 11 is 0. The molecule has 0 radical (unpaired) electrons. The van der Waals surface area contributed by atoms with Crippen LogP contribution >= 0.6 is 0 Å². The van der Waals surface area contributed by atoms with Gasteiger partial charge in [-0.1, -0.05) is 6.08 Å². The molecule has 0 aromatic carbocycles. The Hall–Kier alpha value is -1.40. The van der Waals surface area contributed by atoms with Gasteiger partial charge in [-0.15, -0.1) is 6.58 Å². The van der Waals surface area contributed by atoms with Crippen LogP contribution in [0.25, 0.3) is 0 Å².